The van der Waals surface area contributed by atoms with Gasteiger partial charge in [-0.2, -0.15) is 0 Å². The van der Waals surface area contributed by atoms with Gasteiger partial charge in [0.2, 0.25) is 0 Å². The van der Waals surface area contributed by atoms with Crippen LogP contribution in [-0.4, -0.2) is 12.9 Å². The Balaban J connectivity index is 2.31. The minimum atomic E-state index is -4.64. The van der Waals surface area contributed by atoms with Crippen molar-refractivity contribution in [1.82, 2.24) is 0 Å². The third-order valence-electron chi connectivity index (χ3n) is 3.98. The largest absolute Gasteiger partial charge is 0.573 e. The van der Waals surface area contributed by atoms with E-state index in [-0.39, 0.29) is 17.1 Å². The number of fused-ring (bicyclic) bond motifs is 1. The highest BCUT2D eigenvalue weighted by Crippen LogP contribution is 2.46. The molecule has 2 nitrogen and oxygen atoms in total. The summed E-state index contributed by atoms with van der Waals surface area (Å²) >= 11 is 0. The van der Waals surface area contributed by atoms with E-state index in [4.69, 9.17) is 0 Å². The predicted molar refractivity (Wildman–Crippen MR) is 68.4 cm³/mol. The first kappa shape index (κ1) is 14.0. The van der Waals surface area contributed by atoms with E-state index in [1.54, 1.807) is 6.07 Å². The van der Waals surface area contributed by atoms with Crippen molar-refractivity contribution in [1.29, 1.82) is 0 Å². The third-order valence-corrected chi connectivity index (χ3v) is 3.98. The van der Waals surface area contributed by atoms with Gasteiger partial charge in [-0.25, -0.2) is 0 Å². The fourth-order valence-corrected chi connectivity index (χ4v) is 2.45. The molecule has 0 fully saturated rings. The highest BCUT2D eigenvalue weighted by Gasteiger charge is 2.36. The lowest BCUT2D eigenvalue weighted by molar-refractivity contribution is -0.274. The molecule has 0 saturated heterocycles. The number of ether oxygens (including phenoxy) is 1. The van der Waals surface area contributed by atoms with E-state index in [1.807, 2.05) is 0 Å². The maximum atomic E-state index is 12.3. The number of alkyl halides is 3. The summed E-state index contributed by atoms with van der Waals surface area (Å²) in [6, 6.07) is 4.51. The summed E-state index contributed by atoms with van der Waals surface area (Å²) in [5.74, 6) is 0.0520. The molecule has 1 aromatic carbocycles. The molecule has 0 spiro atoms. The Morgan fingerprint density at radius 2 is 2.00 bits per heavy atom. The van der Waals surface area contributed by atoms with E-state index in [0.717, 1.165) is 24.2 Å². The van der Waals surface area contributed by atoms with Gasteiger partial charge in [0.15, 0.2) is 0 Å². The molecule has 106 valence electrons. The van der Waals surface area contributed by atoms with Crippen LogP contribution < -0.4 is 10.1 Å². The first-order chi connectivity index (χ1) is 8.73. The summed E-state index contributed by atoms with van der Waals surface area (Å²) in [4.78, 5) is 0. The van der Waals surface area contributed by atoms with Crippen LogP contribution in [0.3, 0.4) is 0 Å². The van der Waals surface area contributed by atoms with Gasteiger partial charge in [-0.3, -0.25) is 0 Å². The average molecular weight is 273 g/mol. The Morgan fingerprint density at radius 3 is 2.58 bits per heavy atom. The first-order valence-corrected chi connectivity index (χ1v) is 6.36. The smallest absolute Gasteiger partial charge is 0.406 e. The predicted octanol–water partition coefficient (Wildman–Crippen LogP) is 4.53. The van der Waals surface area contributed by atoms with E-state index >= 15 is 0 Å². The molecule has 1 heterocycles. The van der Waals surface area contributed by atoms with Crippen molar-refractivity contribution >= 4 is 5.69 Å². The van der Waals surface area contributed by atoms with Crippen LogP contribution in [0.25, 0.3) is 0 Å². The summed E-state index contributed by atoms with van der Waals surface area (Å²) in [6.45, 7) is 7.11. The van der Waals surface area contributed by atoms with Crippen molar-refractivity contribution < 1.29 is 17.9 Å². The molecule has 1 atom stereocenters. The van der Waals surface area contributed by atoms with Gasteiger partial charge in [0.1, 0.15) is 5.75 Å². The molecular formula is C14H18F3NO. The van der Waals surface area contributed by atoms with Gasteiger partial charge in [-0.1, -0.05) is 27.2 Å². The highest BCUT2D eigenvalue weighted by molar-refractivity contribution is 5.60. The van der Waals surface area contributed by atoms with Crippen LogP contribution in [0.2, 0.25) is 0 Å². The number of hydrogen-bond acceptors (Lipinski definition) is 2. The monoisotopic (exact) mass is 273 g/mol. The second kappa shape index (κ2) is 4.62. The van der Waals surface area contributed by atoms with Gasteiger partial charge < -0.3 is 10.1 Å². The minimum absolute atomic E-state index is 0.0368. The number of rotatable bonds is 3. The number of anilines is 1. The average Bonchev–Trinajstić information content (AvgIpc) is 2.70. The van der Waals surface area contributed by atoms with Crippen molar-refractivity contribution in [3.05, 3.63) is 23.8 Å². The molecule has 1 aliphatic heterocycles. The van der Waals surface area contributed by atoms with Gasteiger partial charge >= 0.3 is 6.36 Å². The second-order valence-electron chi connectivity index (χ2n) is 5.57. The Labute approximate surface area is 111 Å². The van der Waals surface area contributed by atoms with Gasteiger partial charge in [0.05, 0.1) is 0 Å². The Hall–Kier alpha value is -1.39. The Morgan fingerprint density at radius 1 is 1.32 bits per heavy atom. The molecule has 0 radical (unpaired) electrons. The Kier molecular flexibility index (Phi) is 3.41. The van der Waals surface area contributed by atoms with Crippen molar-refractivity contribution in [3.8, 4) is 5.75 Å². The molecule has 2 rings (SSSR count). The van der Waals surface area contributed by atoms with E-state index in [1.165, 1.54) is 12.1 Å². The minimum Gasteiger partial charge on any atom is -0.406 e. The van der Waals surface area contributed by atoms with Crippen LogP contribution in [0.4, 0.5) is 18.9 Å². The molecular weight excluding hydrogens is 255 g/mol. The van der Waals surface area contributed by atoms with Crippen molar-refractivity contribution in [2.45, 2.75) is 39.5 Å². The number of nitrogens with one attached hydrogen (secondary N) is 1. The second-order valence-corrected chi connectivity index (χ2v) is 5.57. The zero-order valence-corrected chi connectivity index (χ0v) is 11.3. The molecule has 0 bridgehead atoms. The highest BCUT2D eigenvalue weighted by atomic mass is 19.4. The van der Waals surface area contributed by atoms with Crippen LogP contribution in [-0.2, 0) is 0 Å². The quantitative estimate of drug-likeness (QED) is 0.873. The number of hydrogen-bond donors (Lipinski definition) is 1. The molecule has 1 aromatic rings. The van der Waals surface area contributed by atoms with E-state index in [9.17, 15) is 13.2 Å². The normalized spacial score (nSPS) is 18.9. The molecule has 0 aliphatic carbocycles. The summed E-state index contributed by atoms with van der Waals surface area (Å²) in [6.07, 6.45) is -3.68. The van der Waals surface area contributed by atoms with Gasteiger partial charge in [0, 0.05) is 18.2 Å². The van der Waals surface area contributed by atoms with Crippen molar-refractivity contribution in [3.63, 3.8) is 0 Å². The lowest BCUT2D eigenvalue weighted by atomic mass is 9.74. The third kappa shape index (κ3) is 2.96. The lowest BCUT2D eigenvalue weighted by Crippen LogP contribution is -2.23. The fraction of sp³-hybridized carbons (Fsp3) is 0.571. The zero-order valence-electron chi connectivity index (χ0n) is 11.3. The summed E-state index contributed by atoms with van der Waals surface area (Å²) < 4.78 is 40.8. The molecule has 1 aliphatic rings. The molecule has 0 saturated carbocycles. The maximum absolute atomic E-state index is 12.3. The zero-order chi connectivity index (χ0) is 14.3. The van der Waals surface area contributed by atoms with Crippen LogP contribution in [0, 0.1) is 5.41 Å². The standard InChI is InChI=1S/C14H18F3NO/c1-4-13(2,3)11-8-18-12-6-5-9(7-10(11)12)19-14(15,16)17/h5-7,11,18H,4,8H2,1-3H3. The maximum Gasteiger partial charge on any atom is 0.573 e. The van der Waals surface area contributed by atoms with Gasteiger partial charge in [0.25, 0.3) is 0 Å². The van der Waals surface area contributed by atoms with Crippen LogP contribution in [0.5, 0.6) is 5.75 Å². The van der Waals surface area contributed by atoms with Crippen molar-refractivity contribution in [2.24, 2.45) is 5.41 Å². The summed E-state index contributed by atoms with van der Waals surface area (Å²) in [5.41, 5.74) is 1.85. The molecule has 1 unspecified atom stereocenters. The first-order valence-electron chi connectivity index (χ1n) is 6.36. The van der Waals surface area contributed by atoms with Crippen LogP contribution in [0.1, 0.15) is 38.7 Å². The molecule has 1 N–H and O–H groups in total. The van der Waals surface area contributed by atoms with Crippen molar-refractivity contribution in [2.75, 3.05) is 11.9 Å². The molecule has 0 aromatic heterocycles. The molecule has 0 amide bonds. The summed E-state index contributed by atoms with van der Waals surface area (Å²) in [7, 11) is 0. The Bertz CT molecular complexity index is 468. The van der Waals surface area contributed by atoms with E-state index in [2.05, 4.69) is 30.8 Å². The van der Waals surface area contributed by atoms with E-state index in [0.29, 0.717) is 0 Å². The van der Waals surface area contributed by atoms with E-state index < -0.39 is 6.36 Å². The topological polar surface area (TPSA) is 21.3 Å². The van der Waals surface area contributed by atoms with Gasteiger partial charge in [-0.15, -0.1) is 13.2 Å². The molecule has 5 heteroatoms. The van der Waals surface area contributed by atoms with Crippen LogP contribution in [0.15, 0.2) is 18.2 Å². The van der Waals surface area contributed by atoms with Gasteiger partial charge in [-0.05, 0) is 29.2 Å². The number of benzene rings is 1. The fourth-order valence-electron chi connectivity index (χ4n) is 2.45. The molecule has 19 heavy (non-hydrogen) atoms. The lowest BCUT2D eigenvalue weighted by Gasteiger charge is -2.30. The SMILES string of the molecule is CCC(C)(C)C1CNc2ccc(OC(F)(F)F)cc21. The summed E-state index contributed by atoms with van der Waals surface area (Å²) in [5, 5.41) is 3.24. The number of halogens is 3. The van der Waals surface area contributed by atoms with Crippen LogP contribution >= 0.6 is 0 Å².